The lowest BCUT2D eigenvalue weighted by atomic mass is 9.99. The van der Waals surface area contributed by atoms with Crippen molar-refractivity contribution >= 4 is 72.6 Å². The predicted octanol–water partition coefficient (Wildman–Crippen LogP) is 7.08. The van der Waals surface area contributed by atoms with Gasteiger partial charge in [0.1, 0.15) is 0 Å². The molecule has 0 atom stereocenters. The molecular weight excluding hydrogens is 754 g/mol. The van der Waals surface area contributed by atoms with Crippen molar-refractivity contribution in [3.63, 3.8) is 0 Å². The molecule has 0 bridgehead atoms. The number of ether oxygens (including phenoxy) is 2. The van der Waals surface area contributed by atoms with E-state index in [9.17, 15) is 19.2 Å². The summed E-state index contributed by atoms with van der Waals surface area (Å²) in [4.78, 5) is 57.5. The zero-order valence-corrected chi connectivity index (χ0v) is 30.6. The van der Waals surface area contributed by atoms with Crippen LogP contribution in [0.3, 0.4) is 0 Å². The van der Waals surface area contributed by atoms with Crippen molar-refractivity contribution in [3.8, 4) is 0 Å². The minimum atomic E-state index is -0.617. The van der Waals surface area contributed by atoms with E-state index in [1.165, 1.54) is 26.6 Å². The van der Waals surface area contributed by atoms with Gasteiger partial charge < -0.3 is 20.1 Å². The quantitative estimate of drug-likeness (QED) is 0.114. The maximum Gasteiger partial charge on any atom is 0.358 e. The molecule has 13 nitrogen and oxygen atoms in total. The molecule has 0 unspecified atom stereocenters. The number of esters is 2. The van der Waals surface area contributed by atoms with Crippen molar-refractivity contribution in [2.75, 3.05) is 24.9 Å². The van der Waals surface area contributed by atoms with E-state index < -0.39 is 11.9 Å². The van der Waals surface area contributed by atoms with Crippen LogP contribution in [0.1, 0.15) is 52.8 Å². The summed E-state index contributed by atoms with van der Waals surface area (Å²) in [6.45, 7) is 0.539. The Labute approximate surface area is 317 Å². The Kier molecular flexibility index (Phi) is 11.7. The fourth-order valence-corrected chi connectivity index (χ4v) is 6.26. The van der Waals surface area contributed by atoms with Crippen molar-refractivity contribution in [2.45, 2.75) is 11.9 Å². The Balaban J connectivity index is 0.000000186. The van der Waals surface area contributed by atoms with Gasteiger partial charge in [0.15, 0.2) is 11.4 Å². The predicted molar refractivity (Wildman–Crippen MR) is 207 cm³/mol. The number of alkyl halides is 1. The van der Waals surface area contributed by atoms with Gasteiger partial charge in [-0.05, 0) is 69.1 Å². The number of amides is 2. The molecule has 4 aromatic carbocycles. The molecule has 3 heterocycles. The summed E-state index contributed by atoms with van der Waals surface area (Å²) >= 11 is 3.47. The van der Waals surface area contributed by atoms with Crippen molar-refractivity contribution < 1.29 is 28.7 Å². The number of hydrogen-bond acceptors (Lipinski definition) is 10. The molecule has 0 saturated heterocycles. The van der Waals surface area contributed by atoms with Gasteiger partial charge in [0.25, 0.3) is 11.8 Å². The highest BCUT2D eigenvalue weighted by Gasteiger charge is 2.19. The highest BCUT2D eigenvalue weighted by Crippen LogP contribution is 2.27. The Morgan fingerprint density at radius 1 is 0.611 bits per heavy atom. The van der Waals surface area contributed by atoms with Gasteiger partial charge in [-0.15, -0.1) is 5.10 Å². The van der Waals surface area contributed by atoms with Gasteiger partial charge in [-0.3, -0.25) is 9.59 Å². The third-order valence-corrected chi connectivity index (χ3v) is 8.94. The molecule has 0 fully saturated rings. The zero-order chi connectivity index (χ0) is 38.0. The van der Waals surface area contributed by atoms with E-state index in [-0.39, 0.29) is 23.2 Å². The number of pyridine rings is 2. The Morgan fingerprint density at radius 2 is 1.09 bits per heavy atom. The minimum Gasteiger partial charge on any atom is -0.464 e. The molecular formula is C40H32BrN7O6. The summed E-state index contributed by atoms with van der Waals surface area (Å²) in [5.41, 5.74) is 3.86. The number of rotatable bonds is 9. The number of nitrogens with one attached hydrogen (secondary N) is 2. The molecule has 0 aliphatic heterocycles. The Hall–Kier alpha value is -6.80. The van der Waals surface area contributed by atoms with E-state index in [0.717, 1.165) is 32.7 Å². The van der Waals surface area contributed by atoms with Crippen molar-refractivity contribution in [3.05, 3.63) is 155 Å². The maximum atomic E-state index is 13.0. The number of hydrogen-bond donors (Lipinski definition) is 2. The molecule has 2 amide bonds. The first-order valence-electron chi connectivity index (χ1n) is 16.4. The van der Waals surface area contributed by atoms with Gasteiger partial charge in [-0.1, -0.05) is 81.8 Å². The summed E-state index contributed by atoms with van der Waals surface area (Å²) in [6, 6.07) is 29.2. The van der Waals surface area contributed by atoms with Gasteiger partial charge in [-0.25, -0.2) is 24.2 Å². The summed E-state index contributed by atoms with van der Waals surface area (Å²) < 4.78 is 11.2. The number of benzene rings is 4. The average molecular weight is 787 g/mol. The Morgan fingerprint density at radius 3 is 1.56 bits per heavy atom. The fraction of sp³-hybridized carbons (Fsp3) is 0.100. The molecule has 0 saturated carbocycles. The summed E-state index contributed by atoms with van der Waals surface area (Å²) in [5.74, 6) is -1.87. The van der Waals surface area contributed by atoms with Crippen LogP contribution in [0.4, 0.5) is 11.4 Å². The molecule has 54 heavy (non-hydrogen) atoms. The van der Waals surface area contributed by atoms with Gasteiger partial charge in [-0.2, -0.15) is 0 Å². The lowest BCUT2D eigenvalue weighted by molar-refractivity contribution is 0.0586. The maximum absolute atomic E-state index is 13.0. The molecule has 3 aromatic heterocycles. The number of carbonyl (C=O) groups is 4. The number of methoxy groups -OCH3 is 2. The molecule has 2 N–H and O–H groups in total. The normalized spacial score (nSPS) is 10.6. The molecule has 270 valence electrons. The molecule has 0 aliphatic carbocycles. The number of nitrogens with zero attached hydrogens (tertiary/aromatic N) is 5. The second-order valence-electron chi connectivity index (χ2n) is 11.6. The SMILES string of the molecule is COC(=O)c1ncccc1NC(=O)c1ccc(CBr)c2ccccc12.COC(=O)c1ncccc1NC(=O)c1ccc(Cn2ccnn2)c2ccccc12. The first-order chi connectivity index (χ1) is 26.3. The van der Waals surface area contributed by atoms with Crippen LogP contribution in [0.2, 0.25) is 0 Å². The number of halogens is 1. The molecule has 7 rings (SSSR count). The fourth-order valence-electron chi connectivity index (χ4n) is 5.78. The number of aromatic nitrogens is 5. The Bertz CT molecular complexity index is 2490. The van der Waals surface area contributed by atoms with Crippen LogP contribution in [0.5, 0.6) is 0 Å². The lowest BCUT2D eigenvalue weighted by Gasteiger charge is -2.13. The van der Waals surface area contributed by atoms with E-state index in [1.54, 1.807) is 53.5 Å². The van der Waals surface area contributed by atoms with Crippen LogP contribution >= 0.6 is 15.9 Å². The summed E-state index contributed by atoms with van der Waals surface area (Å²) in [7, 11) is 2.54. The van der Waals surface area contributed by atoms with Crippen LogP contribution in [0, 0.1) is 0 Å². The van der Waals surface area contributed by atoms with E-state index in [0.29, 0.717) is 34.4 Å². The van der Waals surface area contributed by atoms with E-state index >= 15 is 0 Å². The topological polar surface area (TPSA) is 167 Å². The highest BCUT2D eigenvalue weighted by atomic mass is 79.9. The number of carbonyl (C=O) groups excluding carboxylic acids is 4. The largest absolute Gasteiger partial charge is 0.464 e. The van der Waals surface area contributed by atoms with Gasteiger partial charge in [0, 0.05) is 35.0 Å². The molecule has 14 heteroatoms. The first-order valence-corrected chi connectivity index (χ1v) is 17.6. The van der Waals surface area contributed by atoms with Crippen LogP contribution in [-0.4, -0.2) is 62.9 Å². The average Bonchev–Trinajstić information content (AvgIpc) is 3.73. The summed E-state index contributed by atoms with van der Waals surface area (Å²) in [6.07, 6.45) is 6.35. The molecule has 0 spiro atoms. The van der Waals surface area contributed by atoms with E-state index in [4.69, 9.17) is 9.47 Å². The monoisotopic (exact) mass is 785 g/mol. The third-order valence-electron chi connectivity index (χ3n) is 8.34. The van der Waals surface area contributed by atoms with Crippen LogP contribution < -0.4 is 10.6 Å². The summed E-state index contributed by atoms with van der Waals surface area (Å²) in [5, 5.41) is 17.6. The lowest BCUT2D eigenvalue weighted by Crippen LogP contribution is -2.17. The van der Waals surface area contributed by atoms with Crippen LogP contribution in [-0.2, 0) is 21.3 Å². The molecule has 7 aromatic rings. The van der Waals surface area contributed by atoms with Crippen molar-refractivity contribution in [1.82, 2.24) is 25.0 Å². The zero-order valence-electron chi connectivity index (χ0n) is 29.0. The number of anilines is 2. The second-order valence-corrected chi connectivity index (χ2v) is 12.1. The minimum absolute atomic E-state index is 0.0513. The number of fused-ring (bicyclic) bond motifs is 2. The van der Waals surface area contributed by atoms with Crippen molar-refractivity contribution in [1.29, 1.82) is 0 Å². The van der Waals surface area contributed by atoms with Gasteiger partial charge in [0.05, 0.1) is 38.3 Å². The second kappa shape index (κ2) is 17.1. The standard InChI is InChI=1S/C21H17N5O3.C19H15BrN2O3/c1-29-21(28)19-18(7-4-10-22-19)24-20(27)17-9-8-14(13-26-12-11-23-25-26)15-5-2-3-6-16(15)17;1-25-19(24)17-16(7-4-10-21-17)22-18(23)15-9-8-12(11-20)13-5-2-3-6-14(13)15/h2-12H,13H2,1H3,(H,24,27);2-10H,11H2,1H3,(H,22,23). The molecule has 0 aliphatic rings. The third kappa shape index (κ3) is 8.13. The van der Waals surface area contributed by atoms with E-state index in [2.05, 4.69) is 46.8 Å². The van der Waals surface area contributed by atoms with Crippen molar-refractivity contribution in [2.24, 2.45) is 0 Å². The van der Waals surface area contributed by atoms with Gasteiger partial charge in [0.2, 0.25) is 0 Å². The van der Waals surface area contributed by atoms with Crippen LogP contribution in [0.25, 0.3) is 21.5 Å². The first kappa shape index (κ1) is 37.0. The van der Waals surface area contributed by atoms with Crippen LogP contribution in [0.15, 0.2) is 122 Å². The smallest absolute Gasteiger partial charge is 0.358 e. The molecule has 0 radical (unpaired) electrons. The van der Waals surface area contributed by atoms with E-state index in [1.807, 2.05) is 60.7 Å². The highest BCUT2D eigenvalue weighted by molar-refractivity contribution is 9.08. The van der Waals surface area contributed by atoms with Gasteiger partial charge >= 0.3 is 11.9 Å².